The molecule has 3 aromatic rings. The molecule has 27 heavy (non-hydrogen) atoms. The van der Waals surface area contributed by atoms with Gasteiger partial charge in [-0.1, -0.05) is 0 Å². The lowest BCUT2D eigenvalue weighted by Crippen LogP contribution is -2.31. The van der Waals surface area contributed by atoms with Crippen molar-refractivity contribution in [2.24, 2.45) is 0 Å². The number of alkyl halides is 3. The maximum absolute atomic E-state index is 12.8. The number of hydrogen-bond acceptors (Lipinski definition) is 4. The number of halogens is 3. The second-order valence-electron chi connectivity index (χ2n) is 6.29. The highest BCUT2D eigenvalue weighted by molar-refractivity contribution is 5.97. The zero-order valence-corrected chi connectivity index (χ0v) is 14.0. The predicted molar refractivity (Wildman–Crippen MR) is 90.3 cm³/mol. The number of likely N-dealkylation sites (tertiary alicyclic amines) is 1. The molecule has 0 saturated carbocycles. The summed E-state index contributed by atoms with van der Waals surface area (Å²) in [6.45, 7) is 0.751. The van der Waals surface area contributed by atoms with Crippen LogP contribution < -0.4 is 4.74 Å². The molecule has 6 nitrogen and oxygen atoms in total. The first-order valence-corrected chi connectivity index (χ1v) is 8.32. The highest BCUT2D eigenvalue weighted by atomic mass is 19.4. The molecule has 140 valence electrons. The van der Waals surface area contributed by atoms with Gasteiger partial charge in [0.25, 0.3) is 5.91 Å². The molecule has 2 aromatic heterocycles. The molecule has 1 saturated heterocycles. The van der Waals surface area contributed by atoms with Gasteiger partial charge in [-0.05, 0) is 24.3 Å². The van der Waals surface area contributed by atoms with Crippen LogP contribution in [0.4, 0.5) is 13.2 Å². The first kappa shape index (κ1) is 17.3. The lowest BCUT2D eigenvalue weighted by atomic mass is 10.2. The summed E-state index contributed by atoms with van der Waals surface area (Å²) < 4.78 is 43.9. The third-order valence-electron chi connectivity index (χ3n) is 4.45. The third-order valence-corrected chi connectivity index (χ3v) is 4.45. The van der Waals surface area contributed by atoms with Crippen molar-refractivity contribution in [3.05, 3.63) is 54.0 Å². The Hall–Kier alpha value is -3.10. The van der Waals surface area contributed by atoms with Crippen molar-refractivity contribution in [2.75, 3.05) is 13.1 Å². The number of hydrogen-bond donors (Lipinski definition) is 1. The van der Waals surface area contributed by atoms with Crippen LogP contribution in [-0.2, 0) is 6.18 Å². The van der Waals surface area contributed by atoms with E-state index in [2.05, 4.69) is 15.0 Å². The van der Waals surface area contributed by atoms with Crippen molar-refractivity contribution in [1.29, 1.82) is 0 Å². The molecule has 1 aliphatic heterocycles. The number of nitrogens with one attached hydrogen (secondary N) is 1. The van der Waals surface area contributed by atoms with E-state index in [-0.39, 0.29) is 18.3 Å². The van der Waals surface area contributed by atoms with Crippen LogP contribution in [0, 0.1) is 0 Å². The second-order valence-corrected chi connectivity index (χ2v) is 6.29. The van der Waals surface area contributed by atoms with Gasteiger partial charge in [-0.2, -0.15) is 13.2 Å². The second kappa shape index (κ2) is 6.57. The van der Waals surface area contributed by atoms with E-state index in [1.807, 2.05) is 0 Å². The van der Waals surface area contributed by atoms with Gasteiger partial charge in [-0.15, -0.1) is 0 Å². The van der Waals surface area contributed by atoms with Crippen molar-refractivity contribution in [3.8, 4) is 5.88 Å². The van der Waals surface area contributed by atoms with Crippen LogP contribution >= 0.6 is 0 Å². The maximum atomic E-state index is 12.8. The van der Waals surface area contributed by atoms with Crippen molar-refractivity contribution >= 4 is 16.9 Å². The summed E-state index contributed by atoms with van der Waals surface area (Å²) in [7, 11) is 0. The number of ether oxygens (including phenoxy) is 1. The Balaban J connectivity index is 1.43. The van der Waals surface area contributed by atoms with Gasteiger partial charge in [0.15, 0.2) is 0 Å². The van der Waals surface area contributed by atoms with E-state index in [1.165, 1.54) is 0 Å². The number of fused-ring (bicyclic) bond motifs is 1. The lowest BCUT2D eigenvalue weighted by molar-refractivity contribution is -0.137. The number of amides is 1. The molecule has 1 fully saturated rings. The van der Waals surface area contributed by atoms with Crippen LogP contribution in [0.5, 0.6) is 5.88 Å². The van der Waals surface area contributed by atoms with Crippen LogP contribution in [-0.4, -0.2) is 45.0 Å². The third kappa shape index (κ3) is 3.57. The van der Waals surface area contributed by atoms with Crippen molar-refractivity contribution in [2.45, 2.75) is 18.7 Å². The number of nitrogens with zero attached hydrogens (tertiary/aromatic N) is 3. The molecule has 1 atom stereocenters. The Morgan fingerprint density at radius 3 is 2.89 bits per heavy atom. The zero-order valence-electron chi connectivity index (χ0n) is 14.0. The van der Waals surface area contributed by atoms with Crippen LogP contribution in [0.15, 0.2) is 42.9 Å². The summed E-state index contributed by atoms with van der Waals surface area (Å²) in [6.07, 6.45) is -1.71. The van der Waals surface area contributed by atoms with Gasteiger partial charge in [-0.25, -0.2) is 9.97 Å². The minimum atomic E-state index is -4.45. The summed E-state index contributed by atoms with van der Waals surface area (Å²) in [5, 5.41) is 0. The van der Waals surface area contributed by atoms with Crippen LogP contribution in [0.3, 0.4) is 0 Å². The molecule has 1 N–H and O–H groups in total. The van der Waals surface area contributed by atoms with E-state index in [0.29, 0.717) is 18.5 Å². The maximum Gasteiger partial charge on any atom is 0.416 e. The Kier molecular flexibility index (Phi) is 4.21. The molecule has 4 rings (SSSR count). The van der Waals surface area contributed by atoms with Crippen molar-refractivity contribution in [1.82, 2.24) is 19.9 Å². The van der Waals surface area contributed by atoms with Gasteiger partial charge in [0.05, 0.1) is 29.5 Å². The molecule has 9 heteroatoms. The molecule has 0 unspecified atom stereocenters. The number of carbonyl (C=O) groups excluding carboxylic acids is 1. The Bertz CT molecular complexity index is 986. The monoisotopic (exact) mass is 376 g/mol. The fourth-order valence-electron chi connectivity index (χ4n) is 3.08. The van der Waals surface area contributed by atoms with E-state index < -0.39 is 17.8 Å². The van der Waals surface area contributed by atoms with Gasteiger partial charge in [0.2, 0.25) is 5.88 Å². The molecule has 1 aliphatic rings. The Labute approximate surface area is 152 Å². The predicted octanol–water partition coefficient (Wildman–Crippen LogP) is 3.27. The number of aromatic nitrogens is 3. The Morgan fingerprint density at radius 1 is 1.22 bits per heavy atom. The van der Waals surface area contributed by atoms with Crippen LogP contribution in [0.1, 0.15) is 22.3 Å². The number of pyridine rings is 1. The van der Waals surface area contributed by atoms with Gasteiger partial charge in [0, 0.05) is 30.8 Å². The number of aromatic amines is 1. The molecule has 0 bridgehead atoms. The van der Waals surface area contributed by atoms with E-state index in [1.54, 1.807) is 29.4 Å². The van der Waals surface area contributed by atoms with Crippen molar-refractivity contribution in [3.63, 3.8) is 0 Å². The fraction of sp³-hybridized carbons (Fsp3) is 0.278. The van der Waals surface area contributed by atoms with Gasteiger partial charge >= 0.3 is 6.18 Å². The van der Waals surface area contributed by atoms with Gasteiger partial charge in [-0.3, -0.25) is 4.79 Å². The number of imidazole rings is 1. The van der Waals surface area contributed by atoms with Crippen molar-refractivity contribution < 1.29 is 22.7 Å². The summed E-state index contributed by atoms with van der Waals surface area (Å²) >= 11 is 0. The Morgan fingerprint density at radius 2 is 2.07 bits per heavy atom. The number of benzene rings is 1. The number of H-pyrrole nitrogens is 1. The summed E-state index contributed by atoms with van der Waals surface area (Å²) in [4.78, 5) is 25.2. The standard InChI is InChI=1S/C18H15F3N4O2/c19-18(20,21)12-3-5-22-16(8-12)27-13-4-6-25(9-13)17(26)11-1-2-14-15(7-11)24-10-23-14/h1-3,5,7-8,10,13H,4,6,9H2,(H,23,24)/t13-/m1/s1. The number of carbonyl (C=O) groups is 1. The normalized spacial score (nSPS) is 17.4. The largest absolute Gasteiger partial charge is 0.472 e. The average Bonchev–Trinajstić information content (AvgIpc) is 3.29. The van der Waals surface area contributed by atoms with E-state index >= 15 is 0 Å². The fourth-order valence-corrected chi connectivity index (χ4v) is 3.08. The topological polar surface area (TPSA) is 71.1 Å². The lowest BCUT2D eigenvalue weighted by Gasteiger charge is -2.17. The van der Waals surface area contributed by atoms with E-state index in [0.717, 1.165) is 29.4 Å². The molecular weight excluding hydrogens is 361 g/mol. The smallest absolute Gasteiger partial charge is 0.416 e. The van der Waals surface area contributed by atoms with Gasteiger partial charge in [0.1, 0.15) is 6.10 Å². The quantitative estimate of drug-likeness (QED) is 0.762. The summed E-state index contributed by atoms with van der Waals surface area (Å²) in [5.74, 6) is -0.252. The van der Waals surface area contributed by atoms with Crippen LogP contribution in [0.2, 0.25) is 0 Å². The molecule has 1 aromatic carbocycles. The summed E-state index contributed by atoms with van der Waals surface area (Å²) in [6, 6.07) is 6.95. The SMILES string of the molecule is O=C(c1ccc2nc[nH]c2c1)N1CC[C@@H](Oc2cc(C(F)(F)F)ccn2)C1. The zero-order chi connectivity index (χ0) is 19.0. The highest BCUT2D eigenvalue weighted by Crippen LogP contribution is 2.31. The molecular formula is C18H15F3N4O2. The molecule has 0 radical (unpaired) electrons. The number of rotatable bonds is 3. The first-order chi connectivity index (χ1) is 12.9. The molecule has 0 spiro atoms. The van der Waals surface area contributed by atoms with Gasteiger partial charge < -0.3 is 14.6 Å². The van der Waals surface area contributed by atoms with E-state index in [9.17, 15) is 18.0 Å². The minimum absolute atomic E-state index is 0.0944. The van der Waals surface area contributed by atoms with E-state index in [4.69, 9.17) is 4.74 Å². The minimum Gasteiger partial charge on any atom is -0.472 e. The molecule has 1 amide bonds. The first-order valence-electron chi connectivity index (χ1n) is 8.32. The molecule has 0 aliphatic carbocycles. The summed E-state index contributed by atoms with van der Waals surface area (Å²) in [5.41, 5.74) is 1.24. The average molecular weight is 376 g/mol. The highest BCUT2D eigenvalue weighted by Gasteiger charge is 2.32. The molecule has 3 heterocycles. The van der Waals surface area contributed by atoms with Crippen LogP contribution in [0.25, 0.3) is 11.0 Å².